The van der Waals surface area contributed by atoms with Crippen LogP contribution in [0, 0.1) is 5.41 Å². The average Bonchev–Trinajstić information content (AvgIpc) is 3.31. The van der Waals surface area contributed by atoms with E-state index in [4.69, 9.17) is 14.2 Å². The van der Waals surface area contributed by atoms with Crippen molar-refractivity contribution in [3.8, 4) is 0 Å². The fourth-order valence-electron chi connectivity index (χ4n) is 3.83. The Bertz CT molecular complexity index is 602. The van der Waals surface area contributed by atoms with E-state index in [-0.39, 0.29) is 42.2 Å². The quantitative estimate of drug-likeness (QED) is 0.293. The largest absolute Gasteiger partial charge is 0.444 e. The van der Waals surface area contributed by atoms with Crippen LogP contribution >= 0.6 is 24.0 Å². The lowest BCUT2D eigenvalue weighted by atomic mass is 10.0. The smallest absolute Gasteiger partial charge is 0.412 e. The molecule has 0 aromatic rings. The number of rotatable bonds is 7. The summed E-state index contributed by atoms with van der Waals surface area (Å²) in [5.41, 5.74) is -0.972. The second-order valence-corrected chi connectivity index (χ2v) is 9.74. The third-order valence-corrected chi connectivity index (χ3v) is 5.64. The highest BCUT2D eigenvalue weighted by Gasteiger charge is 2.49. The molecule has 2 unspecified atom stereocenters. The molecule has 0 bridgehead atoms. The van der Waals surface area contributed by atoms with Crippen LogP contribution in [0.1, 0.15) is 60.8 Å². The van der Waals surface area contributed by atoms with Crippen LogP contribution in [-0.4, -0.2) is 74.3 Å². The highest BCUT2D eigenvalue weighted by atomic mass is 127. The van der Waals surface area contributed by atoms with Gasteiger partial charge in [0, 0.05) is 33.9 Å². The van der Waals surface area contributed by atoms with E-state index in [1.54, 1.807) is 19.1 Å². The summed E-state index contributed by atoms with van der Waals surface area (Å²) in [7, 11) is 3.50. The standard InChI is InChI=1S/C21H40N4O4.HI/c1-15-16(25(20(5,6)28-15)18(26)29-19(2,3)4)13-23-17(22-7)24-14-21(9-10-21)11-12-27-8;/h15-16H,9-14H2,1-8H3,(H2,22,23,24);1H. The van der Waals surface area contributed by atoms with E-state index in [1.165, 1.54) is 12.8 Å². The zero-order valence-electron chi connectivity index (χ0n) is 19.8. The lowest BCUT2D eigenvalue weighted by Crippen LogP contribution is -2.54. The number of carbonyl (C=O) groups excluding carboxylic acids is 1. The molecule has 2 fully saturated rings. The van der Waals surface area contributed by atoms with Crippen molar-refractivity contribution < 1.29 is 19.0 Å². The maximum atomic E-state index is 12.9. The lowest BCUT2D eigenvalue weighted by Gasteiger charge is -2.35. The fraction of sp³-hybridized carbons (Fsp3) is 0.905. The average molecular weight is 540 g/mol. The van der Waals surface area contributed by atoms with Gasteiger partial charge in [-0.15, -0.1) is 24.0 Å². The van der Waals surface area contributed by atoms with Gasteiger partial charge in [0.2, 0.25) is 0 Å². The molecule has 1 saturated heterocycles. The van der Waals surface area contributed by atoms with Crippen LogP contribution in [0.3, 0.4) is 0 Å². The summed E-state index contributed by atoms with van der Waals surface area (Å²) in [5, 5.41) is 6.79. The molecule has 1 aliphatic heterocycles. The molecule has 8 nitrogen and oxygen atoms in total. The van der Waals surface area contributed by atoms with Gasteiger partial charge in [0.25, 0.3) is 0 Å². The normalized spacial score (nSPS) is 24.8. The minimum Gasteiger partial charge on any atom is -0.444 e. The van der Waals surface area contributed by atoms with Crippen molar-refractivity contribution in [3.63, 3.8) is 0 Å². The number of nitrogens with zero attached hydrogens (tertiary/aromatic N) is 2. The van der Waals surface area contributed by atoms with Crippen molar-refractivity contribution >= 4 is 36.0 Å². The first-order valence-electron chi connectivity index (χ1n) is 10.6. The fourth-order valence-corrected chi connectivity index (χ4v) is 3.83. The number of methoxy groups -OCH3 is 1. The SMILES string of the molecule is CN=C(NCC1C(C)OC(C)(C)N1C(=O)OC(C)(C)C)NCC1(CCOC)CC1.I. The summed E-state index contributed by atoms with van der Waals surface area (Å²) in [4.78, 5) is 18.9. The molecular weight excluding hydrogens is 499 g/mol. The predicted molar refractivity (Wildman–Crippen MR) is 129 cm³/mol. The van der Waals surface area contributed by atoms with E-state index < -0.39 is 11.3 Å². The summed E-state index contributed by atoms with van der Waals surface area (Å²) >= 11 is 0. The molecule has 176 valence electrons. The zero-order chi connectivity index (χ0) is 21.9. The maximum absolute atomic E-state index is 12.9. The monoisotopic (exact) mass is 540 g/mol. The number of amides is 1. The van der Waals surface area contributed by atoms with E-state index in [1.807, 2.05) is 41.5 Å². The molecule has 0 radical (unpaired) electrons. The number of ether oxygens (including phenoxy) is 3. The van der Waals surface area contributed by atoms with Crippen LogP contribution < -0.4 is 10.6 Å². The van der Waals surface area contributed by atoms with Crippen molar-refractivity contribution in [3.05, 3.63) is 0 Å². The Labute approximate surface area is 198 Å². The second kappa shape index (κ2) is 10.7. The first-order chi connectivity index (χ1) is 13.4. The number of nitrogens with one attached hydrogen (secondary N) is 2. The molecule has 1 heterocycles. The Morgan fingerprint density at radius 1 is 1.27 bits per heavy atom. The molecule has 0 aromatic carbocycles. The molecule has 0 aromatic heterocycles. The van der Waals surface area contributed by atoms with E-state index in [9.17, 15) is 4.79 Å². The summed E-state index contributed by atoms with van der Waals surface area (Å²) in [6, 6.07) is -0.165. The summed E-state index contributed by atoms with van der Waals surface area (Å²) in [5.74, 6) is 0.731. The molecule has 2 N–H and O–H groups in total. The number of hydrogen-bond acceptors (Lipinski definition) is 5. The molecule has 1 amide bonds. The highest BCUT2D eigenvalue weighted by molar-refractivity contribution is 14.0. The summed E-state index contributed by atoms with van der Waals surface area (Å²) < 4.78 is 16.9. The van der Waals surface area contributed by atoms with Gasteiger partial charge in [-0.1, -0.05) is 0 Å². The van der Waals surface area contributed by atoms with Crippen molar-refractivity contribution in [2.75, 3.05) is 33.9 Å². The lowest BCUT2D eigenvalue weighted by molar-refractivity contribution is -0.0755. The van der Waals surface area contributed by atoms with Gasteiger partial charge in [0.15, 0.2) is 5.96 Å². The molecule has 2 rings (SSSR count). The topological polar surface area (TPSA) is 84.4 Å². The van der Waals surface area contributed by atoms with Crippen LogP contribution in [0.2, 0.25) is 0 Å². The Kier molecular flexibility index (Phi) is 9.69. The summed E-state index contributed by atoms with van der Waals surface area (Å²) in [6.07, 6.45) is 3.00. The first-order valence-corrected chi connectivity index (χ1v) is 10.6. The van der Waals surface area contributed by atoms with Gasteiger partial charge in [-0.2, -0.15) is 0 Å². The molecular formula is C21H41IN4O4. The second-order valence-electron chi connectivity index (χ2n) is 9.74. The zero-order valence-corrected chi connectivity index (χ0v) is 22.2. The Balaban J connectivity index is 0.00000450. The third-order valence-electron chi connectivity index (χ3n) is 5.64. The third kappa shape index (κ3) is 7.40. The van der Waals surface area contributed by atoms with Crippen molar-refractivity contribution in [2.24, 2.45) is 10.4 Å². The van der Waals surface area contributed by atoms with Gasteiger partial charge in [-0.05, 0) is 66.2 Å². The van der Waals surface area contributed by atoms with E-state index in [2.05, 4.69) is 15.6 Å². The minimum atomic E-state index is -0.733. The van der Waals surface area contributed by atoms with Crippen molar-refractivity contribution in [1.29, 1.82) is 0 Å². The molecule has 0 spiro atoms. The van der Waals surface area contributed by atoms with Crippen LogP contribution in [0.4, 0.5) is 4.79 Å². The number of hydrogen-bond donors (Lipinski definition) is 2. The molecule has 1 aliphatic carbocycles. The Morgan fingerprint density at radius 3 is 2.40 bits per heavy atom. The van der Waals surface area contributed by atoms with Gasteiger partial charge in [-0.25, -0.2) is 4.79 Å². The Hall–Kier alpha value is -0.810. The number of aliphatic imine (C=N–C) groups is 1. The van der Waals surface area contributed by atoms with E-state index in [0.29, 0.717) is 12.0 Å². The minimum absolute atomic E-state index is 0. The first kappa shape index (κ1) is 27.2. The van der Waals surface area contributed by atoms with Crippen LogP contribution in [0.15, 0.2) is 4.99 Å². The highest BCUT2D eigenvalue weighted by Crippen LogP contribution is 2.48. The number of carbonyl (C=O) groups is 1. The molecule has 2 aliphatic rings. The van der Waals surface area contributed by atoms with Crippen molar-refractivity contribution in [2.45, 2.75) is 84.3 Å². The van der Waals surface area contributed by atoms with Gasteiger partial charge in [0.05, 0.1) is 12.1 Å². The maximum Gasteiger partial charge on any atom is 0.412 e. The number of halogens is 1. The predicted octanol–water partition coefficient (Wildman–Crippen LogP) is 3.35. The van der Waals surface area contributed by atoms with E-state index >= 15 is 0 Å². The van der Waals surface area contributed by atoms with Gasteiger partial charge < -0.3 is 24.8 Å². The van der Waals surface area contributed by atoms with Crippen LogP contribution in [-0.2, 0) is 14.2 Å². The molecule has 2 atom stereocenters. The van der Waals surface area contributed by atoms with Gasteiger partial charge in [-0.3, -0.25) is 9.89 Å². The van der Waals surface area contributed by atoms with E-state index in [0.717, 1.165) is 25.5 Å². The molecule has 30 heavy (non-hydrogen) atoms. The van der Waals surface area contributed by atoms with Gasteiger partial charge in [0.1, 0.15) is 11.3 Å². The number of guanidine groups is 1. The van der Waals surface area contributed by atoms with Gasteiger partial charge >= 0.3 is 6.09 Å². The van der Waals surface area contributed by atoms with Crippen LogP contribution in [0.25, 0.3) is 0 Å². The molecule has 9 heteroatoms. The molecule has 1 saturated carbocycles. The Morgan fingerprint density at radius 2 is 1.90 bits per heavy atom. The van der Waals surface area contributed by atoms with Crippen LogP contribution in [0.5, 0.6) is 0 Å². The summed E-state index contributed by atoms with van der Waals surface area (Å²) in [6.45, 7) is 13.6. The van der Waals surface area contributed by atoms with Crippen molar-refractivity contribution in [1.82, 2.24) is 15.5 Å².